The van der Waals surface area contributed by atoms with E-state index in [1.165, 1.54) is 6.92 Å². The predicted molar refractivity (Wildman–Crippen MR) is 99.5 cm³/mol. The Bertz CT molecular complexity index is 853. The summed E-state index contributed by atoms with van der Waals surface area (Å²) >= 11 is 1.64. The van der Waals surface area contributed by atoms with Gasteiger partial charge in [-0.3, -0.25) is 9.59 Å². The second-order valence-electron chi connectivity index (χ2n) is 5.48. The zero-order valence-electron chi connectivity index (χ0n) is 13.7. The molecule has 1 aromatic heterocycles. The van der Waals surface area contributed by atoms with Crippen LogP contribution in [0, 0.1) is 0 Å². The molecule has 0 spiro atoms. The van der Waals surface area contributed by atoms with E-state index >= 15 is 0 Å². The lowest BCUT2D eigenvalue weighted by Gasteiger charge is -2.08. The molecule has 126 valence electrons. The van der Waals surface area contributed by atoms with E-state index in [1.54, 1.807) is 59.9 Å². The highest BCUT2D eigenvalue weighted by molar-refractivity contribution is 7.09. The molecule has 1 N–H and O–H groups in total. The molecule has 0 aliphatic rings. The Balaban J connectivity index is 1.59. The van der Waals surface area contributed by atoms with Crippen molar-refractivity contribution in [1.29, 1.82) is 0 Å². The van der Waals surface area contributed by atoms with Gasteiger partial charge >= 0.3 is 0 Å². The Morgan fingerprint density at radius 1 is 0.960 bits per heavy atom. The van der Waals surface area contributed by atoms with Crippen LogP contribution in [0.2, 0.25) is 0 Å². The van der Waals surface area contributed by atoms with Gasteiger partial charge in [-0.25, -0.2) is 0 Å². The molecule has 0 bridgehead atoms. The number of Topliss-reactive ketones (excluding diaryl/α,β-unsaturated/α-hetero) is 1. The number of anilines is 1. The van der Waals surface area contributed by atoms with Gasteiger partial charge in [-0.15, -0.1) is 11.3 Å². The van der Waals surface area contributed by atoms with Crippen LogP contribution < -0.4 is 10.1 Å². The van der Waals surface area contributed by atoms with Gasteiger partial charge in [-0.05, 0) is 66.9 Å². The van der Waals surface area contributed by atoms with Crippen LogP contribution in [0.25, 0.3) is 0 Å². The fourth-order valence-corrected chi connectivity index (χ4v) is 2.86. The van der Waals surface area contributed by atoms with Crippen LogP contribution in [0.5, 0.6) is 5.75 Å². The van der Waals surface area contributed by atoms with E-state index in [-0.39, 0.29) is 11.7 Å². The number of hydrogen-bond acceptors (Lipinski definition) is 4. The number of thiophene rings is 1. The minimum Gasteiger partial charge on any atom is -0.488 e. The summed E-state index contributed by atoms with van der Waals surface area (Å²) in [5.74, 6) is 0.507. The zero-order valence-corrected chi connectivity index (χ0v) is 14.5. The van der Waals surface area contributed by atoms with Gasteiger partial charge in [-0.2, -0.15) is 0 Å². The first kappa shape index (κ1) is 16.9. The van der Waals surface area contributed by atoms with Crippen LogP contribution in [0.3, 0.4) is 0 Å². The lowest BCUT2D eigenvalue weighted by molar-refractivity contribution is 0.101. The molecule has 5 heteroatoms. The van der Waals surface area contributed by atoms with Crippen molar-refractivity contribution in [3.05, 3.63) is 82.0 Å². The molecule has 1 amide bonds. The second-order valence-corrected chi connectivity index (χ2v) is 6.51. The first-order valence-electron chi connectivity index (χ1n) is 7.79. The minimum absolute atomic E-state index is 0.00369. The predicted octanol–water partition coefficient (Wildman–Crippen LogP) is 4.78. The summed E-state index contributed by atoms with van der Waals surface area (Å²) < 4.78 is 5.69. The lowest BCUT2D eigenvalue weighted by atomic mass is 10.1. The summed E-state index contributed by atoms with van der Waals surface area (Å²) in [6, 6.07) is 17.8. The molecule has 0 aliphatic heterocycles. The van der Waals surface area contributed by atoms with Gasteiger partial charge in [0, 0.05) is 21.7 Å². The molecule has 3 aromatic rings. The standard InChI is InChI=1S/C20H17NO3S/c1-14(22)15-4-8-17(9-5-15)21-20(23)16-6-10-18(11-7-16)24-13-19-3-2-12-25-19/h2-12H,13H2,1H3,(H,21,23). The summed E-state index contributed by atoms with van der Waals surface area (Å²) in [6.45, 7) is 2.03. The highest BCUT2D eigenvalue weighted by atomic mass is 32.1. The van der Waals surface area contributed by atoms with Gasteiger partial charge in [-0.1, -0.05) is 6.07 Å². The maximum atomic E-state index is 12.3. The SMILES string of the molecule is CC(=O)c1ccc(NC(=O)c2ccc(OCc3cccs3)cc2)cc1. The molecule has 0 fully saturated rings. The van der Waals surface area contributed by atoms with Gasteiger partial charge in [0.2, 0.25) is 0 Å². The number of amides is 1. The maximum absolute atomic E-state index is 12.3. The van der Waals surface area contributed by atoms with Gasteiger partial charge in [0.1, 0.15) is 12.4 Å². The van der Waals surface area contributed by atoms with E-state index < -0.39 is 0 Å². The van der Waals surface area contributed by atoms with Crippen molar-refractivity contribution in [3.8, 4) is 5.75 Å². The van der Waals surface area contributed by atoms with Crippen LogP contribution in [-0.4, -0.2) is 11.7 Å². The molecule has 0 aliphatic carbocycles. The van der Waals surface area contributed by atoms with Crippen molar-refractivity contribution >= 4 is 28.7 Å². The molecule has 0 atom stereocenters. The van der Waals surface area contributed by atoms with Gasteiger partial charge < -0.3 is 10.1 Å². The quantitative estimate of drug-likeness (QED) is 0.650. The van der Waals surface area contributed by atoms with E-state index in [4.69, 9.17) is 4.74 Å². The van der Waals surface area contributed by atoms with Crippen LogP contribution in [-0.2, 0) is 6.61 Å². The number of ether oxygens (including phenoxy) is 1. The largest absolute Gasteiger partial charge is 0.488 e. The molecule has 2 aromatic carbocycles. The van der Waals surface area contributed by atoms with Crippen molar-refractivity contribution in [2.24, 2.45) is 0 Å². The van der Waals surface area contributed by atoms with E-state index in [0.717, 1.165) is 10.6 Å². The number of nitrogens with one attached hydrogen (secondary N) is 1. The third-order valence-corrected chi connectivity index (χ3v) is 4.48. The van der Waals surface area contributed by atoms with E-state index in [0.29, 0.717) is 23.4 Å². The van der Waals surface area contributed by atoms with Crippen molar-refractivity contribution < 1.29 is 14.3 Å². The fraction of sp³-hybridized carbons (Fsp3) is 0.100. The number of ketones is 1. The Morgan fingerprint density at radius 3 is 2.24 bits per heavy atom. The number of carbonyl (C=O) groups excluding carboxylic acids is 2. The monoisotopic (exact) mass is 351 g/mol. The average molecular weight is 351 g/mol. The molecule has 4 nitrogen and oxygen atoms in total. The van der Waals surface area contributed by atoms with E-state index in [1.807, 2.05) is 17.5 Å². The molecule has 25 heavy (non-hydrogen) atoms. The number of rotatable bonds is 6. The van der Waals surface area contributed by atoms with Crippen LogP contribution in [0.4, 0.5) is 5.69 Å². The zero-order chi connectivity index (χ0) is 17.6. The fourth-order valence-electron chi connectivity index (χ4n) is 2.24. The number of hydrogen-bond donors (Lipinski definition) is 1. The van der Waals surface area contributed by atoms with Gasteiger partial charge in [0.05, 0.1) is 0 Å². The summed E-state index contributed by atoms with van der Waals surface area (Å²) in [6.07, 6.45) is 0. The van der Waals surface area contributed by atoms with Crippen molar-refractivity contribution in [1.82, 2.24) is 0 Å². The third kappa shape index (κ3) is 4.55. The lowest BCUT2D eigenvalue weighted by Crippen LogP contribution is -2.11. The summed E-state index contributed by atoms with van der Waals surface area (Å²) in [4.78, 5) is 24.7. The van der Waals surface area contributed by atoms with Crippen molar-refractivity contribution in [2.75, 3.05) is 5.32 Å². The van der Waals surface area contributed by atoms with Crippen molar-refractivity contribution in [3.63, 3.8) is 0 Å². The smallest absolute Gasteiger partial charge is 0.255 e. The average Bonchev–Trinajstić information content (AvgIpc) is 3.14. The molecule has 3 rings (SSSR count). The molecular formula is C20H17NO3S. The molecule has 0 saturated carbocycles. The minimum atomic E-state index is -0.208. The first-order chi connectivity index (χ1) is 12.1. The number of benzene rings is 2. The van der Waals surface area contributed by atoms with Crippen LogP contribution >= 0.6 is 11.3 Å². The molecule has 0 radical (unpaired) electrons. The van der Waals surface area contributed by atoms with E-state index in [9.17, 15) is 9.59 Å². The summed E-state index contributed by atoms with van der Waals surface area (Å²) in [7, 11) is 0. The van der Waals surface area contributed by atoms with Crippen LogP contribution in [0.15, 0.2) is 66.0 Å². The molecule has 0 unspecified atom stereocenters. The summed E-state index contributed by atoms with van der Waals surface area (Å²) in [5, 5.41) is 4.82. The molecular weight excluding hydrogens is 334 g/mol. The number of carbonyl (C=O) groups is 2. The Kier molecular flexibility index (Phi) is 5.26. The third-order valence-electron chi connectivity index (χ3n) is 3.63. The summed E-state index contributed by atoms with van der Waals surface area (Å²) in [5.41, 5.74) is 1.80. The van der Waals surface area contributed by atoms with Crippen LogP contribution in [0.1, 0.15) is 32.5 Å². The second kappa shape index (κ2) is 7.77. The van der Waals surface area contributed by atoms with E-state index in [2.05, 4.69) is 5.32 Å². The highest BCUT2D eigenvalue weighted by Crippen LogP contribution is 2.17. The normalized spacial score (nSPS) is 10.3. The van der Waals surface area contributed by atoms with Gasteiger partial charge in [0.15, 0.2) is 5.78 Å². The molecule has 0 saturated heterocycles. The maximum Gasteiger partial charge on any atom is 0.255 e. The Labute approximate surface area is 150 Å². The van der Waals surface area contributed by atoms with Gasteiger partial charge in [0.25, 0.3) is 5.91 Å². The molecule has 1 heterocycles. The Morgan fingerprint density at radius 2 is 1.64 bits per heavy atom. The Hall–Kier alpha value is -2.92. The first-order valence-corrected chi connectivity index (χ1v) is 8.67. The topological polar surface area (TPSA) is 55.4 Å². The highest BCUT2D eigenvalue weighted by Gasteiger charge is 2.07. The van der Waals surface area contributed by atoms with Crippen molar-refractivity contribution in [2.45, 2.75) is 13.5 Å².